The van der Waals surface area contributed by atoms with E-state index in [-0.39, 0.29) is 18.6 Å². The average Bonchev–Trinajstić information content (AvgIpc) is 3.11. The Morgan fingerprint density at radius 2 is 1.94 bits per heavy atom. The Bertz CT molecular complexity index is 1010. The van der Waals surface area contributed by atoms with Gasteiger partial charge in [0.25, 0.3) is 5.91 Å². The van der Waals surface area contributed by atoms with Crippen LogP contribution in [-0.4, -0.2) is 51.8 Å². The van der Waals surface area contributed by atoms with E-state index in [0.717, 1.165) is 50.7 Å². The first-order chi connectivity index (χ1) is 16.3. The molecule has 1 unspecified atom stereocenters. The Labute approximate surface area is 203 Å². The molecule has 7 heteroatoms. The van der Waals surface area contributed by atoms with Crippen LogP contribution >= 0.6 is 0 Å². The zero-order valence-corrected chi connectivity index (χ0v) is 21.1. The van der Waals surface area contributed by atoms with Gasteiger partial charge in [0.05, 0.1) is 6.04 Å². The maximum atomic E-state index is 12.4. The van der Waals surface area contributed by atoms with Crippen LogP contribution in [0.4, 0.5) is 0 Å². The van der Waals surface area contributed by atoms with Gasteiger partial charge in [-0.1, -0.05) is 43.2 Å². The van der Waals surface area contributed by atoms with Gasteiger partial charge in [0.2, 0.25) is 0 Å². The van der Waals surface area contributed by atoms with E-state index in [1.807, 2.05) is 37.3 Å². The van der Waals surface area contributed by atoms with E-state index in [1.165, 1.54) is 19.3 Å². The summed E-state index contributed by atoms with van der Waals surface area (Å²) >= 11 is 0. The fourth-order valence-electron chi connectivity index (χ4n) is 5.44. The molecule has 2 aromatic rings. The smallest absolute Gasteiger partial charge is 0.258 e. The highest BCUT2D eigenvalue weighted by Crippen LogP contribution is 2.41. The Morgan fingerprint density at radius 3 is 2.71 bits per heavy atom. The molecule has 1 aliphatic heterocycles. The van der Waals surface area contributed by atoms with Crippen LogP contribution in [0.5, 0.6) is 5.75 Å². The van der Waals surface area contributed by atoms with E-state index in [2.05, 4.69) is 45.8 Å². The van der Waals surface area contributed by atoms with Gasteiger partial charge in [-0.25, -0.2) is 0 Å². The first kappa shape index (κ1) is 24.5. The van der Waals surface area contributed by atoms with E-state index in [0.29, 0.717) is 11.2 Å². The van der Waals surface area contributed by atoms with E-state index < -0.39 is 0 Å². The van der Waals surface area contributed by atoms with Crippen molar-refractivity contribution >= 4 is 5.91 Å². The van der Waals surface area contributed by atoms with E-state index in [4.69, 9.17) is 4.74 Å². The number of aromatic nitrogens is 3. The predicted molar refractivity (Wildman–Crippen MR) is 134 cm³/mol. The molecule has 7 nitrogen and oxygen atoms in total. The largest absolute Gasteiger partial charge is 0.484 e. The molecule has 0 fully saturated rings. The Morgan fingerprint density at radius 1 is 1.15 bits per heavy atom. The van der Waals surface area contributed by atoms with Crippen molar-refractivity contribution in [3.8, 4) is 5.75 Å². The Kier molecular flexibility index (Phi) is 7.71. The molecule has 1 atom stereocenters. The molecule has 184 valence electrons. The van der Waals surface area contributed by atoms with Crippen LogP contribution in [0.25, 0.3) is 0 Å². The number of benzene rings is 1. The maximum Gasteiger partial charge on any atom is 0.258 e. The highest BCUT2D eigenvalue weighted by Gasteiger charge is 2.29. The van der Waals surface area contributed by atoms with Gasteiger partial charge in [-0.15, -0.1) is 10.2 Å². The molecule has 0 radical (unpaired) electrons. The summed E-state index contributed by atoms with van der Waals surface area (Å²) in [5, 5.41) is 11.9. The van der Waals surface area contributed by atoms with Crippen LogP contribution in [-0.2, 0) is 17.8 Å². The van der Waals surface area contributed by atoms with E-state index >= 15 is 0 Å². The fraction of sp³-hybridized carbons (Fsp3) is 0.593. The van der Waals surface area contributed by atoms with Crippen LogP contribution in [0, 0.1) is 5.41 Å². The third-order valence-corrected chi connectivity index (χ3v) is 7.39. The lowest BCUT2D eigenvalue weighted by atomic mass is 9.71. The highest BCUT2D eigenvalue weighted by molar-refractivity contribution is 5.77. The molecule has 1 aromatic carbocycles. The zero-order valence-electron chi connectivity index (χ0n) is 21.1. The lowest BCUT2D eigenvalue weighted by Gasteiger charge is -2.35. The van der Waals surface area contributed by atoms with Gasteiger partial charge in [-0.2, -0.15) is 0 Å². The molecule has 2 heterocycles. The minimum atomic E-state index is -0.226. The van der Waals surface area contributed by atoms with Crippen LogP contribution in [0.3, 0.4) is 0 Å². The number of allylic oxidation sites excluding steroid dienone is 1. The van der Waals surface area contributed by atoms with Crippen molar-refractivity contribution in [1.29, 1.82) is 0 Å². The summed E-state index contributed by atoms with van der Waals surface area (Å²) in [6.07, 6.45) is 5.90. The number of amides is 1. The molecule has 1 N–H and O–H groups in total. The third kappa shape index (κ3) is 5.87. The Hall–Kier alpha value is -2.67. The number of nitrogens with one attached hydrogen (secondary N) is 1. The third-order valence-electron chi connectivity index (χ3n) is 7.39. The van der Waals surface area contributed by atoms with Gasteiger partial charge >= 0.3 is 0 Å². The van der Waals surface area contributed by atoms with Gasteiger partial charge in [0.1, 0.15) is 11.6 Å². The van der Waals surface area contributed by atoms with Crippen molar-refractivity contribution in [3.05, 3.63) is 53.1 Å². The number of fused-ring (bicyclic) bond motifs is 1. The number of carbonyl (C=O) groups is 1. The van der Waals surface area contributed by atoms with Crippen LogP contribution in [0.1, 0.15) is 71.1 Å². The zero-order chi connectivity index (χ0) is 24.1. The minimum absolute atomic E-state index is 0.0191. The van der Waals surface area contributed by atoms with Crippen molar-refractivity contribution in [3.63, 3.8) is 0 Å². The summed E-state index contributed by atoms with van der Waals surface area (Å²) < 4.78 is 7.76. The monoisotopic (exact) mass is 465 g/mol. The molecule has 0 bridgehead atoms. The average molecular weight is 466 g/mol. The second-order valence-corrected chi connectivity index (χ2v) is 10.4. The predicted octanol–water partition coefficient (Wildman–Crippen LogP) is 4.31. The molecule has 0 saturated carbocycles. The second-order valence-electron chi connectivity index (χ2n) is 10.4. The number of nitrogens with zero attached hydrogens (tertiary/aromatic N) is 4. The first-order valence-corrected chi connectivity index (χ1v) is 12.6. The number of para-hydroxylation sites is 1. The maximum absolute atomic E-state index is 12.4. The SMILES string of the molecule is CC1=C(CCN2CCc3nnc(C(C)NC(=O)COc4ccccc4)n3CC2)C(C)(C)CCC1. The van der Waals surface area contributed by atoms with Crippen molar-refractivity contribution in [1.82, 2.24) is 25.0 Å². The number of hydrogen-bond acceptors (Lipinski definition) is 5. The van der Waals surface area contributed by atoms with Crippen LogP contribution in [0.2, 0.25) is 0 Å². The molecule has 34 heavy (non-hydrogen) atoms. The summed E-state index contributed by atoms with van der Waals surface area (Å²) in [6.45, 7) is 13.0. The molecule has 0 saturated heterocycles. The summed E-state index contributed by atoms with van der Waals surface area (Å²) in [5.74, 6) is 2.34. The topological polar surface area (TPSA) is 72.3 Å². The standard InChI is InChI=1S/C27H39N5O2/c1-20-9-8-14-27(3,4)23(20)12-15-31-16-13-24-29-30-26(32(24)18-17-31)21(2)28-25(33)19-34-22-10-6-5-7-11-22/h5-7,10-11,21H,8-9,12-19H2,1-4H3,(H,28,33). The van der Waals surface area contributed by atoms with E-state index in [9.17, 15) is 4.79 Å². The lowest BCUT2D eigenvalue weighted by Crippen LogP contribution is -2.33. The van der Waals surface area contributed by atoms with Crippen molar-refractivity contribution in [2.75, 3.05) is 26.2 Å². The quantitative estimate of drug-likeness (QED) is 0.588. The lowest BCUT2D eigenvalue weighted by molar-refractivity contribution is -0.123. The molecule has 1 aromatic heterocycles. The minimum Gasteiger partial charge on any atom is -0.484 e. The summed E-state index contributed by atoms with van der Waals surface area (Å²) in [5.41, 5.74) is 3.60. The van der Waals surface area contributed by atoms with Gasteiger partial charge in [-0.05, 0) is 57.1 Å². The number of ether oxygens (including phenoxy) is 1. The van der Waals surface area contributed by atoms with Gasteiger partial charge < -0.3 is 19.5 Å². The van der Waals surface area contributed by atoms with E-state index in [1.54, 1.807) is 11.1 Å². The van der Waals surface area contributed by atoms with Crippen molar-refractivity contribution < 1.29 is 9.53 Å². The molecule has 0 spiro atoms. The number of hydrogen-bond donors (Lipinski definition) is 1. The number of rotatable bonds is 8. The summed E-state index contributed by atoms with van der Waals surface area (Å²) in [4.78, 5) is 15.0. The molecular weight excluding hydrogens is 426 g/mol. The fourth-order valence-corrected chi connectivity index (χ4v) is 5.44. The first-order valence-electron chi connectivity index (χ1n) is 12.6. The summed E-state index contributed by atoms with van der Waals surface area (Å²) in [7, 11) is 0. The normalized spacial score (nSPS) is 19.3. The van der Waals surface area contributed by atoms with Crippen molar-refractivity contribution in [2.45, 2.75) is 72.4 Å². The van der Waals surface area contributed by atoms with Crippen LogP contribution < -0.4 is 10.1 Å². The highest BCUT2D eigenvalue weighted by atomic mass is 16.5. The number of carbonyl (C=O) groups excluding carboxylic acids is 1. The van der Waals surface area contributed by atoms with Crippen LogP contribution in [0.15, 0.2) is 41.5 Å². The second kappa shape index (κ2) is 10.7. The summed E-state index contributed by atoms with van der Waals surface area (Å²) in [6, 6.07) is 9.15. The molecule has 4 rings (SSSR count). The van der Waals surface area contributed by atoms with Gasteiger partial charge in [0, 0.05) is 32.6 Å². The van der Waals surface area contributed by atoms with Crippen molar-refractivity contribution in [2.24, 2.45) is 5.41 Å². The molecule has 1 amide bonds. The Balaban J connectivity index is 1.31. The molecule has 2 aliphatic rings. The van der Waals surface area contributed by atoms with Gasteiger partial charge in [0.15, 0.2) is 12.4 Å². The molecule has 1 aliphatic carbocycles. The van der Waals surface area contributed by atoms with Gasteiger partial charge in [-0.3, -0.25) is 4.79 Å². The molecular formula is C27H39N5O2.